The van der Waals surface area contributed by atoms with Crippen LogP contribution in [0.2, 0.25) is 10.0 Å². The van der Waals surface area contributed by atoms with Gasteiger partial charge in [0.15, 0.2) is 15.0 Å². The Balaban J connectivity index is 1.46. The molecule has 1 aromatic heterocycles. The molecule has 9 heteroatoms. The van der Waals surface area contributed by atoms with Gasteiger partial charge in [0.25, 0.3) is 0 Å². The number of piperidine rings is 1. The van der Waals surface area contributed by atoms with Crippen LogP contribution in [0, 0.1) is 0 Å². The third-order valence-electron chi connectivity index (χ3n) is 5.21. The molecule has 0 atom stereocenters. The number of thiazole rings is 1. The van der Waals surface area contributed by atoms with Crippen molar-refractivity contribution >= 4 is 49.5 Å². The first kappa shape index (κ1) is 21.4. The van der Waals surface area contributed by atoms with Crippen molar-refractivity contribution in [1.82, 2.24) is 4.98 Å². The minimum absolute atomic E-state index is 0.154. The molecule has 0 spiro atoms. The number of ether oxygens (including phenoxy) is 1. The Morgan fingerprint density at radius 2 is 1.90 bits per heavy atom. The maximum atomic E-state index is 13.0. The molecule has 158 valence electrons. The van der Waals surface area contributed by atoms with E-state index in [0.29, 0.717) is 31.0 Å². The molecule has 0 saturated carbocycles. The maximum Gasteiger partial charge on any atom is 0.185 e. The fourth-order valence-corrected chi connectivity index (χ4v) is 6.97. The Morgan fingerprint density at radius 3 is 2.60 bits per heavy atom. The second-order valence-electron chi connectivity index (χ2n) is 7.05. The summed E-state index contributed by atoms with van der Waals surface area (Å²) in [5.74, 6) is 0.786. The molecule has 1 aliphatic heterocycles. The van der Waals surface area contributed by atoms with E-state index in [2.05, 4.69) is 4.90 Å². The summed E-state index contributed by atoms with van der Waals surface area (Å²) in [7, 11) is -1.87. The average Bonchev–Trinajstić information content (AvgIpc) is 3.24. The number of rotatable bonds is 5. The van der Waals surface area contributed by atoms with Crippen molar-refractivity contribution in [3.8, 4) is 17.0 Å². The molecular weight excluding hydrogens is 463 g/mol. The molecule has 0 bridgehead atoms. The zero-order chi connectivity index (χ0) is 21.3. The van der Waals surface area contributed by atoms with Crippen LogP contribution in [0.5, 0.6) is 5.75 Å². The van der Waals surface area contributed by atoms with E-state index >= 15 is 0 Å². The Morgan fingerprint density at radius 1 is 1.13 bits per heavy atom. The van der Waals surface area contributed by atoms with Crippen molar-refractivity contribution in [3.05, 3.63) is 57.9 Å². The minimum Gasteiger partial charge on any atom is -0.497 e. The van der Waals surface area contributed by atoms with E-state index in [0.717, 1.165) is 22.1 Å². The van der Waals surface area contributed by atoms with Gasteiger partial charge in [-0.2, -0.15) is 0 Å². The smallest absolute Gasteiger partial charge is 0.185 e. The van der Waals surface area contributed by atoms with E-state index in [-0.39, 0.29) is 9.92 Å². The first-order chi connectivity index (χ1) is 14.4. The Bertz CT molecular complexity index is 1160. The summed E-state index contributed by atoms with van der Waals surface area (Å²) in [6.07, 6.45) is 1.05. The van der Waals surface area contributed by atoms with Crippen molar-refractivity contribution in [2.45, 2.75) is 23.0 Å². The number of nitrogens with zero attached hydrogens (tertiary/aromatic N) is 2. The summed E-state index contributed by atoms with van der Waals surface area (Å²) in [5, 5.41) is 3.04. The Kier molecular flexibility index (Phi) is 6.25. The van der Waals surface area contributed by atoms with Crippen LogP contribution in [-0.2, 0) is 9.84 Å². The Hall–Kier alpha value is -1.80. The molecular formula is C21H20Cl2N2O3S2. The second kappa shape index (κ2) is 8.75. The maximum absolute atomic E-state index is 13.0. The van der Waals surface area contributed by atoms with E-state index < -0.39 is 15.1 Å². The zero-order valence-corrected chi connectivity index (χ0v) is 19.4. The van der Waals surface area contributed by atoms with Crippen LogP contribution in [0.3, 0.4) is 0 Å². The topological polar surface area (TPSA) is 59.5 Å². The summed E-state index contributed by atoms with van der Waals surface area (Å²) >= 11 is 13.6. The number of methoxy groups -OCH3 is 1. The molecule has 2 heterocycles. The molecule has 1 fully saturated rings. The highest BCUT2D eigenvalue weighted by Gasteiger charge is 2.33. The lowest BCUT2D eigenvalue weighted by Gasteiger charge is -2.31. The molecule has 30 heavy (non-hydrogen) atoms. The lowest BCUT2D eigenvalue weighted by atomic mass is 10.1. The quantitative estimate of drug-likeness (QED) is 0.475. The normalized spacial score (nSPS) is 15.4. The molecule has 1 aliphatic rings. The highest BCUT2D eigenvalue weighted by molar-refractivity contribution is 7.92. The van der Waals surface area contributed by atoms with Gasteiger partial charge in [0.2, 0.25) is 0 Å². The summed E-state index contributed by atoms with van der Waals surface area (Å²) in [6.45, 7) is 1.25. The van der Waals surface area contributed by atoms with Crippen LogP contribution in [0.1, 0.15) is 12.8 Å². The molecule has 3 aromatic rings. The monoisotopic (exact) mass is 482 g/mol. The van der Waals surface area contributed by atoms with E-state index in [1.807, 2.05) is 29.6 Å². The predicted molar refractivity (Wildman–Crippen MR) is 123 cm³/mol. The Labute approximate surface area is 190 Å². The van der Waals surface area contributed by atoms with E-state index in [4.69, 9.17) is 32.9 Å². The van der Waals surface area contributed by atoms with Crippen LogP contribution in [-0.4, -0.2) is 38.9 Å². The third-order valence-corrected chi connectivity index (χ3v) is 9.09. The van der Waals surface area contributed by atoms with Crippen molar-refractivity contribution in [2.75, 3.05) is 25.1 Å². The van der Waals surface area contributed by atoms with E-state index in [1.165, 1.54) is 12.1 Å². The molecule has 0 amide bonds. The highest BCUT2D eigenvalue weighted by Crippen LogP contribution is 2.34. The molecule has 2 aromatic carbocycles. The number of benzene rings is 2. The minimum atomic E-state index is -3.51. The summed E-state index contributed by atoms with van der Waals surface area (Å²) in [5.41, 5.74) is 1.88. The molecule has 5 nitrogen and oxygen atoms in total. The van der Waals surface area contributed by atoms with Crippen molar-refractivity contribution in [3.63, 3.8) is 0 Å². The van der Waals surface area contributed by atoms with Crippen LogP contribution in [0.15, 0.2) is 52.7 Å². The van der Waals surface area contributed by atoms with Crippen molar-refractivity contribution < 1.29 is 13.2 Å². The van der Waals surface area contributed by atoms with Gasteiger partial charge in [0, 0.05) is 29.1 Å². The van der Waals surface area contributed by atoms with Gasteiger partial charge >= 0.3 is 0 Å². The summed E-state index contributed by atoms with van der Waals surface area (Å²) in [6, 6.07) is 12.3. The molecule has 0 N–H and O–H groups in total. The lowest BCUT2D eigenvalue weighted by molar-refractivity contribution is 0.415. The standard InChI is InChI=1S/C21H20Cl2N2O3S2/c1-28-16-4-2-3-14(11-16)19-13-29-21(24-19)25-9-7-17(8-10-25)30(26,27)20-6-5-15(22)12-18(20)23/h2-6,11-13,17H,7-10H2,1H3. The van der Waals surface area contributed by atoms with Crippen molar-refractivity contribution in [1.29, 1.82) is 0 Å². The number of anilines is 1. The van der Waals surface area contributed by atoms with Crippen LogP contribution < -0.4 is 9.64 Å². The molecule has 0 aliphatic carbocycles. The average molecular weight is 483 g/mol. The predicted octanol–water partition coefficient (Wildman–Crippen LogP) is 5.57. The number of aromatic nitrogens is 1. The van der Waals surface area contributed by atoms with Crippen molar-refractivity contribution in [2.24, 2.45) is 0 Å². The number of sulfone groups is 1. The number of hydrogen-bond acceptors (Lipinski definition) is 6. The van der Waals surface area contributed by atoms with Gasteiger partial charge in [-0.3, -0.25) is 0 Å². The molecule has 0 radical (unpaired) electrons. The zero-order valence-electron chi connectivity index (χ0n) is 16.2. The van der Waals surface area contributed by atoms with Gasteiger partial charge in [-0.05, 0) is 43.2 Å². The lowest BCUT2D eigenvalue weighted by Crippen LogP contribution is -2.39. The fourth-order valence-electron chi connectivity index (χ4n) is 3.57. The van der Waals surface area contributed by atoms with Gasteiger partial charge < -0.3 is 9.64 Å². The molecule has 0 unspecified atom stereocenters. The molecule has 1 saturated heterocycles. The van der Waals surface area contributed by atoms with Gasteiger partial charge in [-0.25, -0.2) is 13.4 Å². The van der Waals surface area contributed by atoms with Crippen LogP contribution >= 0.6 is 34.5 Å². The third kappa shape index (κ3) is 4.30. The van der Waals surface area contributed by atoms with Crippen LogP contribution in [0.25, 0.3) is 11.3 Å². The first-order valence-electron chi connectivity index (χ1n) is 9.42. The second-order valence-corrected chi connectivity index (χ2v) is 10.9. The SMILES string of the molecule is COc1cccc(-c2csc(N3CCC(S(=O)(=O)c4ccc(Cl)cc4Cl)CC3)n2)c1. The van der Waals surface area contributed by atoms with Crippen LogP contribution in [0.4, 0.5) is 5.13 Å². The fraction of sp³-hybridized carbons (Fsp3) is 0.286. The molecule has 4 rings (SSSR count). The van der Waals surface area contributed by atoms with Gasteiger partial charge in [0.1, 0.15) is 5.75 Å². The summed E-state index contributed by atoms with van der Waals surface area (Å²) in [4.78, 5) is 7.05. The van der Waals surface area contributed by atoms with Gasteiger partial charge in [-0.15, -0.1) is 11.3 Å². The van der Waals surface area contributed by atoms with E-state index in [9.17, 15) is 8.42 Å². The van der Waals surface area contributed by atoms with Gasteiger partial charge in [0.05, 0.1) is 28.0 Å². The number of hydrogen-bond donors (Lipinski definition) is 0. The first-order valence-corrected chi connectivity index (χ1v) is 12.6. The number of halogens is 2. The van der Waals surface area contributed by atoms with Gasteiger partial charge in [-0.1, -0.05) is 35.3 Å². The highest BCUT2D eigenvalue weighted by atomic mass is 35.5. The van der Waals surface area contributed by atoms with E-state index in [1.54, 1.807) is 24.5 Å². The largest absolute Gasteiger partial charge is 0.497 e. The summed E-state index contributed by atoms with van der Waals surface area (Å²) < 4.78 is 31.4.